The normalized spacial score (nSPS) is 11.3. The van der Waals surface area contributed by atoms with Crippen LogP contribution in [0, 0.1) is 13.8 Å². The Hall–Kier alpha value is -1.98. The van der Waals surface area contributed by atoms with E-state index in [0.717, 1.165) is 36.8 Å². The molecule has 4 nitrogen and oxygen atoms in total. The van der Waals surface area contributed by atoms with Crippen LogP contribution in [0.5, 0.6) is 11.5 Å². The van der Waals surface area contributed by atoms with Crippen molar-refractivity contribution in [3.63, 3.8) is 0 Å². The molecule has 0 spiro atoms. The molecule has 0 saturated carbocycles. The van der Waals surface area contributed by atoms with Crippen LogP contribution in [-0.2, 0) is 12.8 Å². The van der Waals surface area contributed by atoms with Crippen LogP contribution in [0.2, 0.25) is 0 Å². The Balaban J connectivity index is 0.000000645. The first-order valence-corrected chi connectivity index (χ1v) is 21.8. The number of hydrogen-bond donors (Lipinski definition) is 0. The topological polar surface area (TPSA) is 41.5 Å². The summed E-state index contributed by atoms with van der Waals surface area (Å²) in [5, 5.41) is 12.8. The predicted octanol–water partition coefficient (Wildman–Crippen LogP) is 12.9. The zero-order valence-corrected chi connectivity index (χ0v) is 35.1. The van der Waals surface area contributed by atoms with E-state index >= 15 is 0 Å². The van der Waals surface area contributed by atoms with Crippen LogP contribution in [-0.4, -0.2) is 38.0 Å². The van der Waals surface area contributed by atoms with E-state index < -0.39 is 7.32 Å². The molecular formula is C46H82BNO3. The average molecular weight is 708 g/mol. The monoisotopic (exact) mass is 708 g/mol. The van der Waals surface area contributed by atoms with E-state index in [9.17, 15) is 5.02 Å². The highest BCUT2D eigenvalue weighted by atomic mass is 16.7. The summed E-state index contributed by atoms with van der Waals surface area (Å²) in [5.41, 5.74) is 4.60. The quantitative estimate of drug-likeness (QED) is 0.0461. The maximum absolute atomic E-state index is 12.8. The molecule has 292 valence electrons. The van der Waals surface area contributed by atoms with Gasteiger partial charge in [-0.25, -0.2) is 0 Å². The van der Waals surface area contributed by atoms with Crippen LogP contribution < -0.4 is 14.3 Å². The van der Waals surface area contributed by atoms with Crippen molar-refractivity contribution in [2.45, 2.75) is 197 Å². The van der Waals surface area contributed by atoms with Gasteiger partial charge in [0.2, 0.25) is 0 Å². The standard InChI is InChI=1S/C30H46BO3.C16H36N/c1-5-7-9-11-13-15-17-27-23-25(3)19-21-29(27)33-31(32)34-30-22-20-26(4)24-28(30)18-16-14-12-10-8-6-2;1-5-9-13-17(14-10-6-2,15-11-7-3)16-12-8-4/h19-24H,5-18H2,1-4H3;5-16H2,1-4H3/q-1;+1. The molecule has 0 aliphatic heterocycles. The molecule has 5 heteroatoms. The molecular weight excluding hydrogens is 625 g/mol. The van der Waals surface area contributed by atoms with Gasteiger partial charge >= 0.3 is 7.32 Å². The Morgan fingerprint density at radius 2 is 0.765 bits per heavy atom. The summed E-state index contributed by atoms with van der Waals surface area (Å²) in [6.07, 6.45) is 27.9. The van der Waals surface area contributed by atoms with Crippen molar-refractivity contribution in [3.05, 3.63) is 58.7 Å². The maximum Gasteiger partial charge on any atom is 0.492 e. The smallest absolute Gasteiger partial charge is 0.492 e. The molecule has 0 saturated heterocycles. The molecule has 0 aliphatic rings. The van der Waals surface area contributed by atoms with Crippen molar-refractivity contribution in [2.24, 2.45) is 0 Å². The minimum atomic E-state index is -1.57. The highest BCUT2D eigenvalue weighted by molar-refractivity contribution is 6.34. The van der Waals surface area contributed by atoms with E-state index in [1.165, 1.54) is 157 Å². The number of rotatable bonds is 30. The summed E-state index contributed by atoms with van der Waals surface area (Å²) in [6, 6.07) is 12.1. The van der Waals surface area contributed by atoms with E-state index in [1.807, 2.05) is 24.3 Å². The van der Waals surface area contributed by atoms with Crippen LogP contribution in [0.3, 0.4) is 0 Å². The lowest BCUT2D eigenvalue weighted by atomic mass is 10.0. The lowest BCUT2D eigenvalue weighted by molar-refractivity contribution is -0.929. The van der Waals surface area contributed by atoms with E-state index in [2.05, 4.69) is 67.5 Å². The Labute approximate surface area is 318 Å². The van der Waals surface area contributed by atoms with Gasteiger partial charge in [-0.05, 0) is 88.5 Å². The molecule has 0 amide bonds. The fourth-order valence-corrected chi connectivity index (χ4v) is 7.11. The molecule has 0 heterocycles. The van der Waals surface area contributed by atoms with Gasteiger partial charge in [0.1, 0.15) is 11.5 Å². The van der Waals surface area contributed by atoms with Gasteiger partial charge in [0, 0.05) is 0 Å². The summed E-state index contributed by atoms with van der Waals surface area (Å²) in [5.74, 6) is 1.31. The summed E-state index contributed by atoms with van der Waals surface area (Å²) >= 11 is 0. The third kappa shape index (κ3) is 22.0. The molecule has 0 aliphatic carbocycles. The molecule has 0 bridgehead atoms. The zero-order chi connectivity index (χ0) is 37.6. The Kier molecular flexibility index (Phi) is 28.1. The molecule has 0 N–H and O–H groups in total. The lowest BCUT2D eigenvalue weighted by Gasteiger charge is -2.39. The average Bonchev–Trinajstić information content (AvgIpc) is 3.13. The van der Waals surface area contributed by atoms with Crippen LogP contribution in [0.1, 0.15) is 192 Å². The molecule has 0 radical (unpaired) electrons. The highest BCUT2D eigenvalue weighted by Gasteiger charge is 2.24. The van der Waals surface area contributed by atoms with Crippen molar-refractivity contribution >= 4 is 7.32 Å². The molecule has 2 aromatic rings. The van der Waals surface area contributed by atoms with Gasteiger partial charge in [-0.3, -0.25) is 0 Å². The van der Waals surface area contributed by atoms with Crippen LogP contribution in [0.25, 0.3) is 0 Å². The molecule has 2 rings (SSSR count). The molecule has 0 atom stereocenters. The van der Waals surface area contributed by atoms with E-state index in [0.29, 0.717) is 11.5 Å². The second-order valence-electron chi connectivity index (χ2n) is 15.4. The number of hydrogen-bond acceptors (Lipinski definition) is 3. The third-order valence-corrected chi connectivity index (χ3v) is 10.4. The van der Waals surface area contributed by atoms with Crippen LogP contribution in [0.4, 0.5) is 0 Å². The number of quaternary nitrogens is 1. The van der Waals surface area contributed by atoms with Gasteiger partial charge in [0.25, 0.3) is 0 Å². The van der Waals surface area contributed by atoms with Crippen molar-refractivity contribution in [3.8, 4) is 11.5 Å². The number of unbranched alkanes of at least 4 members (excludes halogenated alkanes) is 14. The van der Waals surface area contributed by atoms with Gasteiger partial charge in [0.15, 0.2) is 0 Å². The summed E-state index contributed by atoms with van der Waals surface area (Å²) in [7, 11) is -1.57. The zero-order valence-electron chi connectivity index (χ0n) is 35.1. The van der Waals surface area contributed by atoms with Gasteiger partial charge < -0.3 is 18.8 Å². The van der Waals surface area contributed by atoms with Crippen molar-refractivity contribution in [2.75, 3.05) is 26.2 Å². The minimum Gasteiger partial charge on any atom is -0.808 e. The number of benzene rings is 2. The number of nitrogens with zero attached hydrogens (tertiary/aromatic N) is 1. The molecule has 51 heavy (non-hydrogen) atoms. The molecule has 2 aromatic carbocycles. The highest BCUT2D eigenvalue weighted by Crippen LogP contribution is 2.26. The van der Waals surface area contributed by atoms with Crippen LogP contribution in [0.15, 0.2) is 36.4 Å². The first-order chi connectivity index (χ1) is 24.8. The van der Waals surface area contributed by atoms with Gasteiger partial charge in [0.05, 0.1) is 26.2 Å². The first kappa shape index (κ1) is 47.0. The van der Waals surface area contributed by atoms with Gasteiger partial charge in [-0.15, -0.1) is 0 Å². The molecule has 0 fully saturated rings. The SMILES string of the molecule is CCCCCCCCc1cc(C)ccc1OB([O-])Oc1ccc(C)cc1CCCCCCCC.CCCC[N+](CCCC)(CCCC)CCCC. The largest absolute Gasteiger partial charge is 0.808 e. The van der Waals surface area contributed by atoms with Crippen molar-refractivity contribution < 1.29 is 18.8 Å². The third-order valence-electron chi connectivity index (χ3n) is 10.4. The predicted molar refractivity (Wildman–Crippen MR) is 223 cm³/mol. The molecule has 0 aromatic heterocycles. The fourth-order valence-electron chi connectivity index (χ4n) is 7.11. The Bertz CT molecular complexity index is 1000. The summed E-state index contributed by atoms with van der Waals surface area (Å²) in [6.45, 7) is 23.7. The second kappa shape index (κ2) is 30.5. The lowest BCUT2D eigenvalue weighted by Crippen LogP contribution is -2.50. The van der Waals surface area contributed by atoms with Gasteiger partial charge in [-0.1, -0.05) is 167 Å². The number of aryl methyl sites for hydroxylation is 4. The van der Waals surface area contributed by atoms with Gasteiger partial charge in [-0.2, -0.15) is 0 Å². The van der Waals surface area contributed by atoms with E-state index in [1.54, 1.807) is 0 Å². The Morgan fingerprint density at radius 3 is 1.10 bits per heavy atom. The summed E-state index contributed by atoms with van der Waals surface area (Å²) < 4.78 is 13.0. The van der Waals surface area contributed by atoms with E-state index in [4.69, 9.17) is 9.31 Å². The summed E-state index contributed by atoms with van der Waals surface area (Å²) in [4.78, 5) is 0. The van der Waals surface area contributed by atoms with Crippen molar-refractivity contribution in [1.82, 2.24) is 0 Å². The minimum absolute atomic E-state index is 0.656. The molecule has 0 unspecified atom stereocenters. The maximum atomic E-state index is 12.8. The second-order valence-corrected chi connectivity index (χ2v) is 15.4. The van der Waals surface area contributed by atoms with Crippen molar-refractivity contribution in [1.29, 1.82) is 0 Å². The van der Waals surface area contributed by atoms with Crippen LogP contribution >= 0.6 is 0 Å². The fraction of sp³-hybridized carbons (Fsp3) is 0.739. The Morgan fingerprint density at radius 1 is 0.451 bits per heavy atom. The first-order valence-electron chi connectivity index (χ1n) is 21.8. The van der Waals surface area contributed by atoms with E-state index in [-0.39, 0.29) is 0 Å².